The van der Waals surface area contributed by atoms with Gasteiger partial charge in [-0.2, -0.15) is 0 Å². The van der Waals surface area contributed by atoms with Crippen molar-refractivity contribution in [3.05, 3.63) is 146 Å². The Labute approximate surface area is 298 Å². The molecule has 0 amide bonds. The summed E-state index contributed by atoms with van der Waals surface area (Å²) < 4.78 is 5.37. The maximum Gasteiger partial charge on any atom is -1.00 e. The first-order valence-corrected chi connectivity index (χ1v) is 20.2. The van der Waals surface area contributed by atoms with E-state index in [9.17, 15) is 0 Å². The van der Waals surface area contributed by atoms with Crippen molar-refractivity contribution in [2.45, 2.75) is 90.9 Å². The fourth-order valence-electron chi connectivity index (χ4n) is 6.88. The van der Waals surface area contributed by atoms with Crippen molar-refractivity contribution >= 4 is 6.48 Å². The zero-order chi connectivity index (χ0) is 30.9. The monoisotopic (exact) mass is 724 g/mol. The molecule has 0 aromatic heterocycles. The van der Waals surface area contributed by atoms with Gasteiger partial charge in [0.25, 0.3) is 0 Å². The molecule has 0 heterocycles. The number of halogens is 2. The van der Waals surface area contributed by atoms with Crippen LogP contribution in [0.15, 0.2) is 113 Å². The molecule has 4 aromatic carbocycles. The average molecular weight is 727 g/mol. The van der Waals surface area contributed by atoms with Crippen molar-refractivity contribution in [1.29, 1.82) is 0 Å². The minimum Gasteiger partial charge on any atom is -1.00 e. The molecule has 0 atom stereocenters. The van der Waals surface area contributed by atoms with E-state index in [1.54, 1.807) is 12.1 Å². The maximum atomic E-state index is 2.69. The largest absolute Gasteiger partial charge is 1.00 e. The zero-order valence-electron chi connectivity index (χ0n) is 28.4. The number of hydrogen-bond acceptors (Lipinski definition) is 0. The molecule has 0 spiro atoms. The van der Waals surface area contributed by atoms with Crippen LogP contribution in [-0.2, 0) is 51.4 Å². The van der Waals surface area contributed by atoms with E-state index in [-0.39, 0.29) is 35.6 Å². The first-order valence-electron chi connectivity index (χ1n) is 16.6. The normalized spacial score (nSPS) is 13.1. The van der Waals surface area contributed by atoms with Crippen LogP contribution in [0.3, 0.4) is 0 Å². The van der Waals surface area contributed by atoms with E-state index in [2.05, 4.69) is 151 Å². The van der Waals surface area contributed by atoms with E-state index in [1.165, 1.54) is 51.8 Å². The third-order valence-electron chi connectivity index (χ3n) is 9.58. The molecule has 0 nitrogen and oxygen atoms in total. The van der Waals surface area contributed by atoms with Gasteiger partial charge >= 0.3 is 276 Å². The molecule has 0 bridgehead atoms. The molecule has 0 saturated heterocycles. The summed E-state index contributed by atoms with van der Waals surface area (Å²) in [4.78, 5) is 0. The quantitative estimate of drug-likeness (QED) is 0.223. The summed E-state index contributed by atoms with van der Waals surface area (Å²) in [6.07, 6.45) is 14.1. The van der Waals surface area contributed by atoms with E-state index >= 15 is 0 Å². The average Bonchev–Trinajstić information content (AvgIpc) is 3.66. The summed E-state index contributed by atoms with van der Waals surface area (Å²) in [5.41, 5.74) is 12.2. The Morgan fingerprint density at radius 2 is 1.22 bits per heavy atom. The third-order valence-corrected chi connectivity index (χ3v) is 17.5. The smallest absolute Gasteiger partial charge is 1.00 e. The first kappa shape index (κ1) is 36.5. The number of allylic oxidation sites excluding steroid dienone is 4. The third kappa shape index (κ3) is 8.21. The second kappa shape index (κ2) is 15.3. The molecule has 238 valence electrons. The van der Waals surface area contributed by atoms with Crippen LogP contribution in [0.25, 0.3) is 11.1 Å². The standard InChI is InChI=1S/C21H25.C17H18.C5H5.2ClH.Zr/c1-20(2,3)16-9-7-14-11-15-8-10-17(21(4,5)6)13-19(15)18(14)12-16;1-4-10-16(11-5-1)14-8-3-9-15-17-12-6-2-7-13-17;1-2-4-5-3-1;;;/h7,9-10,12-13H,11H2,1-6H3;1-2,4-7,10-13H,8-9,14-15H2;1-3H,4H2;2*1H;/q;;;;;+2/p-2. The Balaban J connectivity index is 0.00000240. The van der Waals surface area contributed by atoms with Crippen molar-refractivity contribution in [3.63, 3.8) is 0 Å². The Morgan fingerprint density at radius 1 is 0.652 bits per heavy atom. The molecule has 0 unspecified atom stereocenters. The van der Waals surface area contributed by atoms with Gasteiger partial charge in [-0.25, -0.2) is 0 Å². The molecular formula is C43H48Cl2Zr. The molecule has 3 heteroatoms. The van der Waals surface area contributed by atoms with Crippen LogP contribution < -0.4 is 28.1 Å². The summed E-state index contributed by atoms with van der Waals surface area (Å²) in [6, 6.07) is 34.9. The zero-order valence-corrected chi connectivity index (χ0v) is 32.4. The van der Waals surface area contributed by atoms with Crippen LogP contribution in [0.2, 0.25) is 0 Å². The van der Waals surface area contributed by atoms with Gasteiger partial charge in [0.2, 0.25) is 0 Å². The Hall–Kier alpha value is -2.31. The summed E-state index contributed by atoms with van der Waals surface area (Å²) in [5.74, 6) is 0. The molecular weight excluding hydrogens is 679 g/mol. The van der Waals surface area contributed by atoms with Crippen molar-refractivity contribution in [2.24, 2.45) is 0 Å². The predicted octanol–water partition coefficient (Wildman–Crippen LogP) is 4.39. The van der Waals surface area contributed by atoms with Crippen molar-refractivity contribution in [2.75, 3.05) is 0 Å². The van der Waals surface area contributed by atoms with E-state index in [1.807, 2.05) is 3.21 Å². The molecule has 0 radical (unpaired) electrons. The molecule has 0 aliphatic heterocycles. The fraction of sp³-hybridized carbons (Fsp3) is 0.326. The Bertz CT molecular complexity index is 1700. The molecule has 6 rings (SSSR count). The minimum atomic E-state index is -2.47. The van der Waals surface area contributed by atoms with E-state index in [4.69, 9.17) is 0 Å². The van der Waals surface area contributed by atoms with Crippen LogP contribution in [0.1, 0.15) is 94.2 Å². The molecule has 0 N–H and O–H groups in total. The van der Waals surface area contributed by atoms with Crippen LogP contribution >= 0.6 is 0 Å². The Kier molecular flexibility index (Phi) is 12.1. The van der Waals surface area contributed by atoms with Crippen molar-refractivity contribution in [1.82, 2.24) is 0 Å². The van der Waals surface area contributed by atoms with Crippen LogP contribution in [0.5, 0.6) is 0 Å². The van der Waals surface area contributed by atoms with Crippen molar-refractivity contribution < 1.29 is 46.1 Å². The number of rotatable bonds is 8. The first-order chi connectivity index (χ1) is 21.1. The van der Waals surface area contributed by atoms with Crippen LogP contribution in [-0.4, -0.2) is 3.21 Å². The maximum absolute atomic E-state index is 2.69. The van der Waals surface area contributed by atoms with Crippen LogP contribution in [0, 0.1) is 0 Å². The predicted molar refractivity (Wildman–Crippen MR) is 188 cm³/mol. The summed E-state index contributed by atoms with van der Waals surface area (Å²) >= 11 is -2.47. The fourth-order valence-corrected chi connectivity index (χ4v) is 15.1. The van der Waals surface area contributed by atoms with Gasteiger partial charge in [-0.15, -0.1) is 0 Å². The van der Waals surface area contributed by atoms with Gasteiger partial charge < -0.3 is 24.8 Å². The van der Waals surface area contributed by atoms with Gasteiger partial charge in [0.15, 0.2) is 0 Å². The number of hydrogen-bond donors (Lipinski definition) is 0. The second-order valence-electron chi connectivity index (χ2n) is 14.9. The van der Waals surface area contributed by atoms with Crippen molar-refractivity contribution in [3.8, 4) is 11.1 Å². The SMILES string of the molecule is CC(C)(C)c1ccc2c(c1)-c1cc(C(C)(C)C)c[c]([Zr+2]([C]3=CC=CC3)=[C](CCc3ccccc3)CCc3ccccc3)c1C2.[Cl-].[Cl-]. The molecule has 0 fully saturated rings. The number of benzene rings is 4. The summed E-state index contributed by atoms with van der Waals surface area (Å²) in [5, 5.41) is 0. The minimum absolute atomic E-state index is 0. The van der Waals surface area contributed by atoms with E-state index < -0.39 is 21.3 Å². The van der Waals surface area contributed by atoms with Gasteiger partial charge in [-0.1, -0.05) is 0 Å². The number of aryl methyl sites for hydroxylation is 2. The topological polar surface area (TPSA) is 0 Å². The van der Waals surface area contributed by atoms with E-state index in [0.29, 0.717) is 0 Å². The van der Waals surface area contributed by atoms with Gasteiger partial charge in [0.05, 0.1) is 0 Å². The van der Waals surface area contributed by atoms with Gasteiger partial charge in [-0.05, 0) is 0 Å². The molecule has 4 aromatic rings. The van der Waals surface area contributed by atoms with Gasteiger partial charge in [-0.3, -0.25) is 0 Å². The molecule has 0 saturated carbocycles. The van der Waals surface area contributed by atoms with Gasteiger partial charge in [0, 0.05) is 0 Å². The molecule has 2 aliphatic carbocycles. The molecule has 2 aliphatic rings. The summed E-state index contributed by atoms with van der Waals surface area (Å²) in [7, 11) is 0. The molecule has 46 heavy (non-hydrogen) atoms. The second-order valence-corrected chi connectivity index (χ2v) is 21.4. The Morgan fingerprint density at radius 3 is 1.74 bits per heavy atom. The number of fused-ring (bicyclic) bond motifs is 3. The van der Waals surface area contributed by atoms with Gasteiger partial charge in [0.1, 0.15) is 0 Å². The van der Waals surface area contributed by atoms with Crippen LogP contribution in [0.4, 0.5) is 0 Å². The summed E-state index contributed by atoms with van der Waals surface area (Å²) in [6.45, 7) is 14.2. The van der Waals surface area contributed by atoms with E-state index in [0.717, 1.165) is 25.7 Å².